The molecule has 0 atom stereocenters. The second-order valence-electron chi connectivity index (χ2n) is 32.5. The molecule has 0 spiro atoms. The van der Waals surface area contributed by atoms with Crippen LogP contribution in [-0.2, 0) is 0 Å². The maximum atomic E-state index is 14.4. The van der Waals surface area contributed by atoms with Gasteiger partial charge in [-0.25, -0.2) is 27.2 Å². The molecule has 0 saturated heterocycles. The zero-order valence-electron chi connectivity index (χ0n) is 69.0. The summed E-state index contributed by atoms with van der Waals surface area (Å²) in [6, 6.07) is 47.5. The van der Waals surface area contributed by atoms with Gasteiger partial charge >= 0.3 is 11.9 Å². The van der Waals surface area contributed by atoms with Crippen LogP contribution in [0.15, 0.2) is 207 Å². The van der Waals surface area contributed by atoms with Gasteiger partial charge in [0.1, 0.15) is 34.7 Å². The van der Waals surface area contributed by atoms with Crippen molar-refractivity contribution in [2.45, 2.75) is 107 Å². The number of fused-ring (bicyclic) bond motifs is 8. The van der Waals surface area contributed by atoms with E-state index in [0.717, 1.165) is 127 Å². The Kier molecular flexibility index (Phi) is 20.6. The second kappa shape index (κ2) is 31.5. The Morgan fingerprint density at radius 3 is 1.01 bits per heavy atom. The molecule has 0 amide bonds. The molecule has 12 aromatic heterocycles. The van der Waals surface area contributed by atoms with E-state index >= 15 is 0 Å². The number of Topliss-reactive ketones (excluding diaryl/α,β-unsaturated/α-hetero) is 2. The summed E-state index contributed by atoms with van der Waals surface area (Å²) >= 11 is 0. The molecule has 0 fully saturated rings. The number of hydrogen-bond donors (Lipinski definition) is 14. The van der Waals surface area contributed by atoms with Crippen molar-refractivity contribution in [1.82, 2.24) is 59.8 Å². The zero-order chi connectivity index (χ0) is 85.7. The van der Waals surface area contributed by atoms with Gasteiger partial charge in [0.25, 0.3) is 0 Å². The number of aromatic amines is 12. The van der Waals surface area contributed by atoms with E-state index in [1.807, 2.05) is 120 Å². The quantitative estimate of drug-likeness (QED) is 0.0329. The lowest BCUT2D eigenvalue weighted by Crippen LogP contribution is -2.00. The summed E-state index contributed by atoms with van der Waals surface area (Å²) in [5, 5.41) is 27.6. The normalized spacial score (nSPS) is 11.8. The molecular formula is C100H88F4N12O6. The second-order valence-corrected chi connectivity index (χ2v) is 32.5. The van der Waals surface area contributed by atoms with Gasteiger partial charge in [0, 0.05) is 195 Å². The molecule has 0 saturated carbocycles. The van der Waals surface area contributed by atoms with Crippen LogP contribution in [0.25, 0.3) is 177 Å². The summed E-state index contributed by atoms with van der Waals surface area (Å²) in [6.07, 6.45) is 14.7. The number of carboxylic acids is 2. The molecule has 22 heteroatoms. The zero-order valence-corrected chi connectivity index (χ0v) is 69.0. The Bertz CT molecular complexity index is 7540. The van der Waals surface area contributed by atoms with E-state index in [4.69, 9.17) is 0 Å². The molecule has 0 bridgehead atoms. The molecule has 8 aromatic carbocycles. The number of H-pyrrole nitrogens is 12. The molecule has 0 aliphatic heterocycles. The molecule has 0 unspecified atom stereocenters. The van der Waals surface area contributed by atoms with Crippen molar-refractivity contribution in [3.8, 4) is 89.5 Å². The number of carbonyl (C=O) groups is 4. The number of nitrogens with one attached hydrogen (secondary N) is 12. The van der Waals surface area contributed by atoms with Crippen LogP contribution < -0.4 is 0 Å². The summed E-state index contributed by atoms with van der Waals surface area (Å²) < 4.78 is 57.7. The summed E-state index contributed by atoms with van der Waals surface area (Å²) in [5.41, 5.74) is 26.5. The average molecular weight is 1630 g/mol. The van der Waals surface area contributed by atoms with E-state index in [2.05, 4.69) is 137 Å². The molecule has 18 nitrogen and oxygen atoms in total. The van der Waals surface area contributed by atoms with E-state index in [-0.39, 0.29) is 58.3 Å². The number of ketones is 2. The molecular weight excluding hydrogens is 1540 g/mol. The highest BCUT2D eigenvalue weighted by Gasteiger charge is 2.33. The van der Waals surface area contributed by atoms with Crippen LogP contribution in [-0.4, -0.2) is 93.5 Å². The first kappa shape index (κ1) is 79.7. The van der Waals surface area contributed by atoms with E-state index in [1.165, 1.54) is 59.0 Å². The van der Waals surface area contributed by atoms with Crippen molar-refractivity contribution >= 4 is 111 Å². The van der Waals surface area contributed by atoms with Crippen molar-refractivity contribution in [3.63, 3.8) is 0 Å². The standard InChI is InChI=1S/C26H25N3O.C25H22FN3O2.C25H22FN3O.C24H19F2N3O2/c1-14(2)22-24(19-8-6-10-21-23(19)15(3)13-28-21)25(16(4)30)29-26(22)18-7-5-9-20-17(18)11-12-27-20;1-12(2)20-21(16-5-4-13(3)22-17(16)7-9-28-22)24(25(30)31)29-23(20)18-10-14(26)11-19-15(18)6-8-27-19;1-13(2)22-23(18-5-4-6-20-16(18)7-9-27-20)24(14(3)30)29-25(22)19-11-15(26)12-21-17(19)8-10-28-21;1-11(2)20-21(16-7-12(25)9-18-14(16)3-5-27-18)23(24(30)31)29-22(20)17-8-13(26)10-19-15(17)4-6-28-19/h5-14,27-29H,1-4H3;4-12,27-29H,1-3H3,(H,30,31);4-13,27-29H,1-3H3;3-11,27-29H,1-2H3,(H,30,31). The number of aromatic nitrogens is 12. The van der Waals surface area contributed by atoms with E-state index in [1.54, 1.807) is 50.8 Å². The highest BCUT2D eigenvalue weighted by Crippen LogP contribution is 2.50. The highest BCUT2D eigenvalue weighted by molar-refractivity contribution is 6.13. The van der Waals surface area contributed by atoms with Crippen LogP contribution in [0.1, 0.15) is 168 Å². The van der Waals surface area contributed by atoms with Crippen LogP contribution in [0.2, 0.25) is 0 Å². The molecule has 14 N–H and O–H groups in total. The van der Waals surface area contributed by atoms with Crippen LogP contribution >= 0.6 is 0 Å². The van der Waals surface area contributed by atoms with Gasteiger partial charge in [-0.2, -0.15) is 0 Å². The molecule has 0 aliphatic rings. The number of carboxylic acid groups (broad SMARTS) is 2. The lowest BCUT2D eigenvalue weighted by atomic mass is 9.88. The minimum Gasteiger partial charge on any atom is -0.477 e. The molecule has 612 valence electrons. The fraction of sp³-hybridized carbons (Fsp3) is 0.160. The van der Waals surface area contributed by atoms with Crippen LogP contribution in [0, 0.1) is 37.1 Å². The van der Waals surface area contributed by atoms with Crippen molar-refractivity contribution in [2.24, 2.45) is 0 Å². The smallest absolute Gasteiger partial charge is 0.352 e. The molecule has 12 heterocycles. The maximum Gasteiger partial charge on any atom is 0.352 e. The molecule has 20 aromatic rings. The summed E-state index contributed by atoms with van der Waals surface area (Å²) in [7, 11) is 0. The van der Waals surface area contributed by atoms with Crippen molar-refractivity contribution in [3.05, 3.63) is 287 Å². The van der Waals surface area contributed by atoms with Crippen LogP contribution in [0.4, 0.5) is 17.6 Å². The van der Waals surface area contributed by atoms with Gasteiger partial charge in [0.05, 0.1) is 34.2 Å². The van der Waals surface area contributed by atoms with Gasteiger partial charge in [-0.05, 0) is 202 Å². The number of aromatic carboxylic acids is 2. The number of hydrogen-bond acceptors (Lipinski definition) is 4. The minimum atomic E-state index is -1.17. The predicted octanol–water partition coefficient (Wildman–Crippen LogP) is 26.7. The van der Waals surface area contributed by atoms with Gasteiger partial charge in [-0.3, -0.25) is 9.59 Å². The van der Waals surface area contributed by atoms with Gasteiger partial charge in [0.15, 0.2) is 11.6 Å². The van der Waals surface area contributed by atoms with E-state index in [9.17, 15) is 47.0 Å². The van der Waals surface area contributed by atoms with E-state index < -0.39 is 23.6 Å². The monoisotopic (exact) mass is 1630 g/mol. The van der Waals surface area contributed by atoms with Gasteiger partial charge in [-0.15, -0.1) is 0 Å². The van der Waals surface area contributed by atoms with Crippen molar-refractivity contribution in [1.29, 1.82) is 0 Å². The number of carbonyl (C=O) groups excluding carboxylic acids is 2. The SMILES string of the molecule is CC(=O)c1[nH]c(-c2cc(F)cc3[nH]ccc23)c(C(C)C)c1-c1cccc2[nH]ccc12.CC(=O)c1[nH]c(-c2cccc3[nH]ccc23)c(C(C)C)c1-c1cccc2[nH]cc(C)c12.CC(C)c1c(-c2cc(F)cc3[nH]ccc23)[nH]c(C(=O)O)c1-c1cc(F)cc2[nH]ccc12.Cc1ccc(-c2c(C(=O)O)[nH]c(-c3cc(F)cc4[nH]ccc34)c2C(C)C)c2cc[nH]c12. The summed E-state index contributed by atoms with van der Waals surface area (Å²) in [6.45, 7) is 23.9. The molecule has 122 heavy (non-hydrogen) atoms. The van der Waals surface area contributed by atoms with Gasteiger partial charge in [-0.1, -0.05) is 104 Å². The molecule has 20 rings (SSSR count). The van der Waals surface area contributed by atoms with Gasteiger partial charge in [0.2, 0.25) is 0 Å². The first-order chi connectivity index (χ1) is 58.6. The fourth-order valence-corrected chi connectivity index (χ4v) is 18.2. The highest BCUT2D eigenvalue weighted by atomic mass is 19.1. The largest absolute Gasteiger partial charge is 0.477 e. The van der Waals surface area contributed by atoms with Gasteiger partial charge < -0.3 is 70.0 Å². The van der Waals surface area contributed by atoms with Crippen LogP contribution in [0.3, 0.4) is 0 Å². The third-order valence-electron chi connectivity index (χ3n) is 23.3. The Morgan fingerprint density at radius 2 is 0.598 bits per heavy atom. The van der Waals surface area contributed by atoms with Crippen molar-refractivity contribution < 1.29 is 47.0 Å². The first-order valence-electron chi connectivity index (χ1n) is 40.5. The fourth-order valence-electron chi connectivity index (χ4n) is 18.2. The minimum absolute atomic E-state index is 0.00176. The first-order valence-corrected chi connectivity index (χ1v) is 40.5. The van der Waals surface area contributed by atoms with Crippen molar-refractivity contribution in [2.75, 3.05) is 0 Å². The third kappa shape index (κ3) is 13.8. The Balaban J connectivity index is 0.000000116. The summed E-state index contributed by atoms with van der Waals surface area (Å²) in [5.74, 6) is -3.59. The lowest BCUT2D eigenvalue weighted by Gasteiger charge is -2.14. The molecule has 0 radical (unpaired) electrons. The number of halogens is 4. The average Bonchev–Trinajstić information content (AvgIpc) is 1.59. The number of rotatable bonds is 16. The number of benzene rings is 8. The lowest BCUT2D eigenvalue weighted by molar-refractivity contribution is 0.0681. The van der Waals surface area contributed by atoms with Crippen LogP contribution in [0.5, 0.6) is 0 Å². The van der Waals surface area contributed by atoms with E-state index in [0.29, 0.717) is 78.1 Å². The number of aryl methyl sites for hydroxylation is 2. The Labute approximate surface area is 696 Å². The Morgan fingerprint density at radius 1 is 0.295 bits per heavy atom. The third-order valence-corrected chi connectivity index (χ3v) is 23.3. The Hall–Kier alpha value is -14.8. The predicted molar refractivity (Wildman–Crippen MR) is 481 cm³/mol. The maximum absolute atomic E-state index is 14.4. The molecule has 0 aliphatic carbocycles. The summed E-state index contributed by atoms with van der Waals surface area (Å²) in [4.78, 5) is 88.4. The topological polar surface area (TPSA) is 298 Å².